The van der Waals surface area contributed by atoms with E-state index in [1.165, 1.54) is 12.3 Å². The molecule has 3 rings (SSSR count). The number of amides is 2. The lowest BCUT2D eigenvalue weighted by Crippen LogP contribution is -2.36. The number of carbonyl (C=O) groups excluding carboxylic acids is 1. The summed E-state index contributed by atoms with van der Waals surface area (Å²) < 4.78 is 39.9. The van der Waals surface area contributed by atoms with Crippen molar-refractivity contribution in [2.24, 2.45) is 0 Å². The minimum Gasteiger partial charge on any atom is -0.337 e. The largest absolute Gasteiger partial charge is 0.435 e. The monoisotopic (exact) mass is 420 g/mol. The fraction of sp³-hybridized carbons (Fsp3) is 0.350. The number of hydrogen-bond acceptors (Lipinski definition) is 4. The lowest BCUT2D eigenvalue weighted by atomic mass is 10.0. The Balaban J connectivity index is 1.72. The Labute approximate surface area is 171 Å². The van der Waals surface area contributed by atoms with E-state index < -0.39 is 11.9 Å². The van der Waals surface area contributed by atoms with Crippen LogP contribution in [0.5, 0.6) is 0 Å². The molecule has 0 aliphatic heterocycles. The van der Waals surface area contributed by atoms with Gasteiger partial charge in [-0.1, -0.05) is 26.0 Å². The van der Waals surface area contributed by atoms with Gasteiger partial charge in [0.15, 0.2) is 11.3 Å². The number of likely N-dealkylation sites (N-methyl/N-ethyl adjacent to an activating group) is 1. The van der Waals surface area contributed by atoms with Crippen molar-refractivity contribution in [2.75, 3.05) is 31.5 Å². The van der Waals surface area contributed by atoms with Gasteiger partial charge in [0.2, 0.25) is 0 Å². The SMILES string of the molecule is CCN(CC)CCNC(=O)Nc1ccc(-c2ccnc3[nH]nc(C(F)(F)F)c23)cc1. The third-order valence-corrected chi connectivity index (χ3v) is 4.79. The zero-order valence-electron chi connectivity index (χ0n) is 16.7. The third-order valence-electron chi connectivity index (χ3n) is 4.79. The number of pyridine rings is 1. The van der Waals surface area contributed by atoms with Gasteiger partial charge < -0.3 is 15.5 Å². The molecule has 30 heavy (non-hydrogen) atoms. The number of H-pyrrole nitrogens is 1. The topological polar surface area (TPSA) is 85.9 Å². The van der Waals surface area contributed by atoms with Crippen LogP contribution in [-0.2, 0) is 6.18 Å². The maximum Gasteiger partial charge on any atom is 0.435 e. The summed E-state index contributed by atoms with van der Waals surface area (Å²) in [5.74, 6) is 0. The normalized spacial score (nSPS) is 11.8. The predicted molar refractivity (Wildman–Crippen MR) is 109 cm³/mol. The van der Waals surface area contributed by atoms with Crippen LogP contribution in [0.1, 0.15) is 19.5 Å². The van der Waals surface area contributed by atoms with Gasteiger partial charge in [-0.3, -0.25) is 5.10 Å². The Morgan fingerprint density at radius 2 is 1.83 bits per heavy atom. The molecule has 0 aliphatic carbocycles. The van der Waals surface area contributed by atoms with Crippen molar-refractivity contribution in [1.29, 1.82) is 0 Å². The number of aromatic nitrogens is 3. The number of rotatable bonds is 7. The molecule has 10 heteroatoms. The lowest BCUT2D eigenvalue weighted by molar-refractivity contribution is -0.139. The van der Waals surface area contributed by atoms with Gasteiger partial charge in [-0.25, -0.2) is 9.78 Å². The minimum absolute atomic E-state index is 0.0645. The van der Waals surface area contributed by atoms with Crippen LogP contribution in [0, 0.1) is 0 Å². The van der Waals surface area contributed by atoms with Crippen LogP contribution in [0.15, 0.2) is 36.5 Å². The Morgan fingerprint density at radius 3 is 2.47 bits per heavy atom. The molecule has 1 aromatic carbocycles. The molecule has 0 fully saturated rings. The number of carbonyl (C=O) groups is 1. The van der Waals surface area contributed by atoms with E-state index in [9.17, 15) is 18.0 Å². The number of fused-ring (bicyclic) bond motifs is 1. The van der Waals surface area contributed by atoms with Crippen LogP contribution >= 0.6 is 0 Å². The van der Waals surface area contributed by atoms with E-state index >= 15 is 0 Å². The van der Waals surface area contributed by atoms with Gasteiger partial charge in [0.05, 0.1) is 5.39 Å². The van der Waals surface area contributed by atoms with Gasteiger partial charge in [0.25, 0.3) is 0 Å². The van der Waals surface area contributed by atoms with E-state index in [0.717, 1.165) is 19.6 Å². The number of anilines is 1. The van der Waals surface area contributed by atoms with Crippen molar-refractivity contribution < 1.29 is 18.0 Å². The molecule has 0 radical (unpaired) electrons. The summed E-state index contributed by atoms with van der Waals surface area (Å²) in [6.07, 6.45) is -3.17. The third kappa shape index (κ3) is 4.88. The molecular formula is C20H23F3N6O. The van der Waals surface area contributed by atoms with Crippen LogP contribution in [0.25, 0.3) is 22.2 Å². The number of nitrogens with one attached hydrogen (secondary N) is 3. The van der Waals surface area contributed by atoms with Gasteiger partial charge in [-0.05, 0) is 42.4 Å². The van der Waals surface area contributed by atoms with E-state index in [0.29, 0.717) is 23.4 Å². The number of halogens is 3. The van der Waals surface area contributed by atoms with Crippen molar-refractivity contribution in [2.45, 2.75) is 20.0 Å². The Bertz CT molecular complexity index is 996. The smallest absolute Gasteiger partial charge is 0.337 e. The number of nitrogens with zero attached hydrogens (tertiary/aromatic N) is 3. The average molecular weight is 420 g/mol. The number of aromatic amines is 1. The summed E-state index contributed by atoms with van der Waals surface area (Å²) >= 11 is 0. The first kappa shape index (κ1) is 21.6. The molecule has 7 nitrogen and oxygen atoms in total. The van der Waals surface area contributed by atoms with E-state index in [2.05, 4.69) is 44.6 Å². The standard InChI is InChI=1S/C20H23F3N6O/c1-3-29(4-2)12-11-25-19(30)26-14-7-5-13(6-8-14)15-9-10-24-18-16(15)17(27-28-18)20(21,22)23/h5-10H,3-4,11-12H2,1-2H3,(H,24,27,28)(H2,25,26,30). The first-order chi connectivity index (χ1) is 14.3. The maximum atomic E-state index is 13.3. The molecule has 0 unspecified atom stereocenters. The Morgan fingerprint density at radius 1 is 1.13 bits per heavy atom. The van der Waals surface area contributed by atoms with Gasteiger partial charge in [-0.2, -0.15) is 18.3 Å². The van der Waals surface area contributed by atoms with E-state index in [4.69, 9.17) is 0 Å². The Kier molecular flexibility index (Phi) is 6.56. The highest BCUT2D eigenvalue weighted by atomic mass is 19.4. The fourth-order valence-electron chi connectivity index (χ4n) is 3.17. The zero-order chi connectivity index (χ0) is 21.7. The Hall–Kier alpha value is -3.14. The van der Waals surface area contributed by atoms with Gasteiger partial charge in [0, 0.05) is 25.0 Å². The number of alkyl halides is 3. The zero-order valence-corrected chi connectivity index (χ0v) is 16.7. The second kappa shape index (κ2) is 9.12. The van der Waals surface area contributed by atoms with Crippen molar-refractivity contribution >= 4 is 22.8 Å². The summed E-state index contributed by atoms with van der Waals surface area (Å²) in [7, 11) is 0. The quantitative estimate of drug-likeness (QED) is 0.537. The van der Waals surface area contributed by atoms with Crippen molar-refractivity contribution in [3.05, 3.63) is 42.2 Å². The molecule has 2 amide bonds. The van der Waals surface area contributed by atoms with Gasteiger partial charge in [-0.15, -0.1) is 0 Å². The van der Waals surface area contributed by atoms with Crippen LogP contribution in [0.3, 0.4) is 0 Å². The molecule has 0 saturated heterocycles. The molecule has 2 heterocycles. The van der Waals surface area contributed by atoms with Gasteiger partial charge >= 0.3 is 12.2 Å². The molecule has 2 aromatic heterocycles. The molecule has 160 valence electrons. The average Bonchev–Trinajstić information content (AvgIpc) is 3.17. The first-order valence-electron chi connectivity index (χ1n) is 9.61. The molecule has 0 saturated carbocycles. The highest BCUT2D eigenvalue weighted by molar-refractivity contribution is 5.95. The van der Waals surface area contributed by atoms with Gasteiger partial charge in [0.1, 0.15) is 0 Å². The van der Waals surface area contributed by atoms with Crippen LogP contribution in [-0.4, -0.2) is 52.3 Å². The summed E-state index contributed by atoms with van der Waals surface area (Å²) in [5.41, 5.74) is 0.510. The van der Waals surface area contributed by atoms with Crippen molar-refractivity contribution in [1.82, 2.24) is 25.4 Å². The second-order valence-corrected chi connectivity index (χ2v) is 6.64. The van der Waals surface area contributed by atoms with E-state index in [-0.39, 0.29) is 17.1 Å². The summed E-state index contributed by atoms with van der Waals surface area (Å²) in [6, 6.07) is 7.74. The second-order valence-electron chi connectivity index (χ2n) is 6.64. The first-order valence-corrected chi connectivity index (χ1v) is 9.61. The molecule has 3 N–H and O–H groups in total. The summed E-state index contributed by atoms with van der Waals surface area (Å²) in [5, 5.41) is 11.1. The number of urea groups is 1. The van der Waals surface area contributed by atoms with Crippen molar-refractivity contribution in [3.8, 4) is 11.1 Å². The molecular weight excluding hydrogens is 397 g/mol. The van der Waals surface area contributed by atoms with Crippen molar-refractivity contribution in [3.63, 3.8) is 0 Å². The molecule has 0 spiro atoms. The molecule has 3 aromatic rings. The summed E-state index contributed by atoms with van der Waals surface area (Å²) in [4.78, 5) is 18.1. The minimum atomic E-state index is -4.60. The molecule has 0 aliphatic rings. The highest BCUT2D eigenvalue weighted by Gasteiger charge is 2.37. The lowest BCUT2D eigenvalue weighted by Gasteiger charge is -2.18. The summed E-state index contributed by atoms with van der Waals surface area (Å²) in [6.45, 7) is 7.21. The molecule has 0 bridgehead atoms. The van der Waals surface area contributed by atoms with Crippen LogP contribution < -0.4 is 10.6 Å². The number of benzene rings is 1. The number of hydrogen-bond donors (Lipinski definition) is 3. The van der Waals surface area contributed by atoms with E-state index in [1.54, 1.807) is 24.3 Å². The van der Waals surface area contributed by atoms with Crippen LogP contribution in [0.2, 0.25) is 0 Å². The van der Waals surface area contributed by atoms with Crippen LogP contribution in [0.4, 0.5) is 23.7 Å². The predicted octanol–water partition coefficient (Wildman–Crippen LogP) is 4.11. The van der Waals surface area contributed by atoms with E-state index in [1.807, 2.05) is 0 Å². The maximum absolute atomic E-state index is 13.3. The highest BCUT2D eigenvalue weighted by Crippen LogP contribution is 2.37. The fourth-order valence-corrected chi connectivity index (χ4v) is 3.17. The molecule has 0 atom stereocenters.